The molecule has 4 nitrogen and oxygen atoms in total. The molecule has 1 aliphatic heterocycles. The molecule has 0 bridgehead atoms. The summed E-state index contributed by atoms with van der Waals surface area (Å²) in [5.41, 5.74) is 0.132. The summed E-state index contributed by atoms with van der Waals surface area (Å²) in [6.07, 6.45) is 1.90. The van der Waals surface area contributed by atoms with E-state index >= 15 is 0 Å². The fourth-order valence-electron chi connectivity index (χ4n) is 2.43. The van der Waals surface area contributed by atoms with Gasteiger partial charge in [0.2, 0.25) is 10.0 Å². The predicted molar refractivity (Wildman–Crippen MR) is 75.4 cm³/mol. The third-order valence-electron chi connectivity index (χ3n) is 3.52. The van der Waals surface area contributed by atoms with Crippen molar-refractivity contribution < 1.29 is 13.5 Å². The van der Waals surface area contributed by atoms with Gasteiger partial charge in [-0.25, -0.2) is 8.42 Å². The highest BCUT2D eigenvalue weighted by Gasteiger charge is 2.34. The first kappa shape index (κ1) is 14.5. The second-order valence-electron chi connectivity index (χ2n) is 5.49. The quantitative estimate of drug-likeness (QED) is 0.909. The first-order valence-electron chi connectivity index (χ1n) is 6.63. The summed E-state index contributed by atoms with van der Waals surface area (Å²) >= 11 is 0. The number of piperidine rings is 1. The third kappa shape index (κ3) is 4.03. The summed E-state index contributed by atoms with van der Waals surface area (Å²) in [6.45, 7) is 2.43. The van der Waals surface area contributed by atoms with E-state index in [9.17, 15) is 13.5 Å². The Labute approximate surface area is 115 Å². The molecule has 0 aliphatic carbocycles. The van der Waals surface area contributed by atoms with Crippen LogP contribution in [0, 0.1) is 0 Å². The molecule has 1 saturated heterocycles. The van der Waals surface area contributed by atoms with Gasteiger partial charge in [0.25, 0.3) is 0 Å². The average molecular weight is 283 g/mol. The van der Waals surface area contributed by atoms with Crippen molar-refractivity contribution >= 4 is 10.0 Å². The molecule has 0 saturated carbocycles. The highest BCUT2D eigenvalue weighted by atomic mass is 32.2. The van der Waals surface area contributed by atoms with Crippen molar-refractivity contribution in [1.82, 2.24) is 4.31 Å². The van der Waals surface area contributed by atoms with Crippen molar-refractivity contribution in [3.05, 3.63) is 35.9 Å². The summed E-state index contributed by atoms with van der Waals surface area (Å²) < 4.78 is 26.0. The molecule has 5 heteroatoms. The number of hydrogen-bond donors (Lipinski definition) is 1. The van der Waals surface area contributed by atoms with E-state index in [-0.39, 0.29) is 12.3 Å². The van der Waals surface area contributed by atoms with Crippen LogP contribution in [0.3, 0.4) is 0 Å². The molecule has 19 heavy (non-hydrogen) atoms. The molecular weight excluding hydrogens is 262 g/mol. The minimum absolute atomic E-state index is 0.104. The Bertz CT molecular complexity index is 511. The van der Waals surface area contributed by atoms with Crippen LogP contribution < -0.4 is 0 Å². The maximum atomic E-state index is 12.3. The second-order valence-corrected chi connectivity index (χ2v) is 7.57. The fourth-order valence-corrected chi connectivity index (χ4v) is 4.07. The van der Waals surface area contributed by atoms with Gasteiger partial charge in [-0.2, -0.15) is 4.31 Å². The zero-order chi connectivity index (χ0) is 13.9. The summed E-state index contributed by atoms with van der Waals surface area (Å²) in [5, 5.41) is 9.99. The number of nitrogens with zero attached hydrogens (tertiary/aromatic N) is 1. The number of rotatable bonds is 4. The van der Waals surface area contributed by atoms with Gasteiger partial charge < -0.3 is 5.11 Å². The Morgan fingerprint density at radius 2 is 2.00 bits per heavy atom. The Balaban J connectivity index is 1.98. The van der Waals surface area contributed by atoms with Gasteiger partial charge in [0, 0.05) is 13.1 Å². The average Bonchev–Trinajstić information content (AvgIpc) is 2.37. The molecule has 1 aliphatic rings. The van der Waals surface area contributed by atoms with Gasteiger partial charge in [0.05, 0.1) is 11.4 Å². The van der Waals surface area contributed by atoms with E-state index in [2.05, 4.69) is 0 Å². The highest BCUT2D eigenvalue weighted by molar-refractivity contribution is 7.89. The molecule has 1 unspecified atom stereocenters. The summed E-state index contributed by atoms with van der Waals surface area (Å²) in [5.74, 6) is 0.104. The van der Waals surface area contributed by atoms with Gasteiger partial charge in [0.15, 0.2) is 0 Å². The Hall–Kier alpha value is -0.910. The summed E-state index contributed by atoms with van der Waals surface area (Å²) in [4.78, 5) is 0. The molecule has 106 valence electrons. The normalized spacial score (nSPS) is 25.4. The third-order valence-corrected chi connectivity index (χ3v) is 5.34. The van der Waals surface area contributed by atoms with Crippen molar-refractivity contribution in [2.45, 2.75) is 31.8 Å². The molecule has 0 amide bonds. The first-order valence-corrected chi connectivity index (χ1v) is 8.24. The van der Waals surface area contributed by atoms with E-state index in [0.29, 0.717) is 19.4 Å². The Morgan fingerprint density at radius 3 is 2.63 bits per heavy atom. The minimum atomic E-state index is -3.28. The number of benzene rings is 1. The van der Waals surface area contributed by atoms with E-state index in [1.165, 1.54) is 4.31 Å². The molecule has 0 aromatic heterocycles. The lowest BCUT2D eigenvalue weighted by molar-refractivity contribution is 0.00942. The van der Waals surface area contributed by atoms with Crippen molar-refractivity contribution in [3.8, 4) is 0 Å². The van der Waals surface area contributed by atoms with Gasteiger partial charge in [-0.1, -0.05) is 30.3 Å². The number of aliphatic hydroxyl groups is 1. The number of β-amino-alcohol motifs (C(OH)–C–C–N with tert-alkyl or cyclic N) is 1. The molecule has 1 aromatic carbocycles. The lowest BCUT2D eigenvalue weighted by Crippen LogP contribution is -2.49. The lowest BCUT2D eigenvalue weighted by atomic mass is 9.97. The van der Waals surface area contributed by atoms with E-state index in [1.807, 2.05) is 30.3 Å². The predicted octanol–water partition coefficient (Wildman–Crippen LogP) is 1.41. The van der Waals surface area contributed by atoms with E-state index in [0.717, 1.165) is 12.0 Å². The van der Waals surface area contributed by atoms with Crippen molar-refractivity contribution in [1.29, 1.82) is 0 Å². The lowest BCUT2D eigenvalue weighted by Gasteiger charge is -2.36. The monoisotopic (exact) mass is 283 g/mol. The molecule has 1 heterocycles. The van der Waals surface area contributed by atoms with Crippen molar-refractivity contribution in [2.24, 2.45) is 0 Å². The molecule has 2 rings (SSSR count). The van der Waals surface area contributed by atoms with Crippen LogP contribution in [0.2, 0.25) is 0 Å². The van der Waals surface area contributed by atoms with Crippen molar-refractivity contribution in [3.63, 3.8) is 0 Å². The summed E-state index contributed by atoms with van der Waals surface area (Å²) in [6, 6.07) is 9.60. The van der Waals surface area contributed by atoms with Crippen LogP contribution >= 0.6 is 0 Å². The zero-order valence-electron chi connectivity index (χ0n) is 11.2. The van der Waals surface area contributed by atoms with Crippen LogP contribution in [0.25, 0.3) is 0 Å². The second kappa shape index (κ2) is 5.61. The molecule has 0 spiro atoms. The van der Waals surface area contributed by atoms with Crippen LogP contribution in [0.1, 0.15) is 25.3 Å². The topological polar surface area (TPSA) is 57.6 Å². The maximum Gasteiger partial charge on any atom is 0.214 e. The van der Waals surface area contributed by atoms with Gasteiger partial charge >= 0.3 is 0 Å². The molecular formula is C14H21NO3S. The van der Waals surface area contributed by atoms with E-state index in [4.69, 9.17) is 0 Å². The fraction of sp³-hybridized carbons (Fsp3) is 0.571. The standard InChI is InChI=1S/C14H21NO3S/c1-14(16)9-5-10-15(12-14)19(17,18)11-8-13-6-3-2-4-7-13/h2-4,6-7,16H,5,8-12H2,1H3. The zero-order valence-corrected chi connectivity index (χ0v) is 12.1. The van der Waals surface area contributed by atoms with Gasteiger partial charge in [-0.05, 0) is 31.7 Å². The molecule has 1 N–H and O–H groups in total. The SMILES string of the molecule is CC1(O)CCCN(S(=O)(=O)CCc2ccccc2)C1. The Morgan fingerprint density at radius 1 is 1.32 bits per heavy atom. The maximum absolute atomic E-state index is 12.3. The molecule has 1 fully saturated rings. The van der Waals surface area contributed by atoms with E-state index in [1.54, 1.807) is 6.92 Å². The number of hydrogen-bond acceptors (Lipinski definition) is 3. The molecule has 0 radical (unpaired) electrons. The van der Waals surface area contributed by atoms with Crippen LogP contribution in [0.4, 0.5) is 0 Å². The van der Waals surface area contributed by atoms with Crippen LogP contribution in [0.15, 0.2) is 30.3 Å². The molecule has 1 aromatic rings. The van der Waals surface area contributed by atoms with Gasteiger partial charge in [-0.3, -0.25) is 0 Å². The number of aryl methyl sites for hydroxylation is 1. The number of sulfonamides is 1. The first-order chi connectivity index (χ1) is 8.89. The van der Waals surface area contributed by atoms with Crippen LogP contribution in [-0.2, 0) is 16.4 Å². The van der Waals surface area contributed by atoms with Gasteiger partial charge in [-0.15, -0.1) is 0 Å². The highest BCUT2D eigenvalue weighted by Crippen LogP contribution is 2.23. The molecule has 1 atom stereocenters. The largest absolute Gasteiger partial charge is 0.389 e. The van der Waals surface area contributed by atoms with Gasteiger partial charge in [0.1, 0.15) is 0 Å². The van der Waals surface area contributed by atoms with Crippen LogP contribution in [0.5, 0.6) is 0 Å². The van der Waals surface area contributed by atoms with E-state index < -0.39 is 15.6 Å². The smallest absolute Gasteiger partial charge is 0.214 e. The minimum Gasteiger partial charge on any atom is -0.389 e. The Kier molecular flexibility index (Phi) is 4.28. The van der Waals surface area contributed by atoms with Crippen LogP contribution in [-0.4, -0.2) is 42.3 Å². The van der Waals surface area contributed by atoms with Crippen molar-refractivity contribution in [2.75, 3.05) is 18.8 Å². The summed E-state index contributed by atoms with van der Waals surface area (Å²) in [7, 11) is -3.28.